The Morgan fingerprint density at radius 1 is 1.40 bits per heavy atom. The molecule has 0 aliphatic carbocycles. The third kappa shape index (κ3) is 4.08. The second-order valence-electron chi connectivity index (χ2n) is 7.81. The summed E-state index contributed by atoms with van der Waals surface area (Å²) in [6, 6.07) is 0.164. The molecule has 1 saturated heterocycles. The van der Waals surface area contributed by atoms with E-state index in [4.69, 9.17) is 4.52 Å². The van der Waals surface area contributed by atoms with Crippen molar-refractivity contribution in [1.82, 2.24) is 24.8 Å². The van der Waals surface area contributed by atoms with E-state index < -0.39 is 0 Å². The van der Waals surface area contributed by atoms with E-state index >= 15 is 0 Å². The highest BCUT2D eigenvalue weighted by Gasteiger charge is 2.30. The summed E-state index contributed by atoms with van der Waals surface area (Å²) in [5.41, 5.74) is 1.00. The van der Waals surface area contributed by atoms with Crippen LogP contribution in [0.5, 0.6) is 0 Å². The van der Waals surface area contributed by atoms with Crippen molar-refractivity contribution >= 4 is 5.91 Å². The van der Waals surface area contributed by atoms with Gasteiger partial charge >= 0.3 is 0 Å². The number of hydrogen-bond acceptors (Lipinski definition) is 5. The van der Waals surface area contributed by atoms with Gasteiger partial charge in [-0.2, -0.15) is 10.1 Å². The Labute approximate surface area is 148 Å². The van der Waals surface area contributed by atoms with Gasteiger partial charge in [-0.25, -0.2) is 0 Å². The van der Waals surface area contributed by atoms with Gasteiger partial charge in [0.1, 0.15) is 0 Å². The molecule has 1 aliphatic rings. The van der Waals surface area contributed by atoms with Crippen LogP contribution in [0.4, 0.5) is 0 Å². The summed E-state index contributed by atoms with van der Waals surface area (Å²) in [6.45, 7) is 6.98. The average molecular weight is 345 g/mol. The lowest BCUT2D eigenvalue weighted by atomic mass is 9.96. The highest BCUT2D eigenvalue weighted by atomic mass is 16.5. The van der Waals surface area contributed by atoms with Gasteiger partial charge in [-0.1, -0.05) is 25.9 Å². The van der Waals surface area contributed by atoms with Crippen LogP contribution in [0.15, 0.2) is 16.9 Å². The first-order chi connectivity index (χ1) is 11.8. The Bertz CT molecular complexity index is 728. The molecule has 3 heterocycles. The first-order valence-electron chi connectivity index (χ1n) is 8.95. The van der Waals surface area contributed by atoms with Gasteiger partial charge in [0.15, 0.2) is 5.82 Å². The molecule has 25 heavy (non-hydrogen) atoms. The van der Waals surface area contributed by atoms with E-state index in [2.05, 4.69) is 36.0 Å². The van der Waals surface area contributed by atoms with Gasteiger partial charge in [-0.15, -0.1) is 0 Å². The van der Waals surface area contributed by atoms with Crippen molar-refractivity contribution in [3.63, 3.8) is 0 Å². The van der Waals surface area contributed by atoms with Crippen molar-refractivity contribution in [2.24, 2.45) is 7.05 Å². The molecule has 2 aromatic heterocycles. The van der Waals surface area contributed by atoms with Crippen LogP contribution in [0.1, 0.15) is 69.8 Å². The van der Waals surface area contributed by atoms with Gasteiger partial charge in [0.25, 0.3) is 0 Å². The maximum atomic E-state index is 12.6. The van der Waals surface area contributed by atoms with Gasteiger partial charge in [0.2, 0.25) is 11.8 Å². The zero-order chi connectivity index (χ0) is 18.0. The number of carbonyl (C=O) groups is 1. The third-order valence-electron chi connectivity index (χ3n) is 4.60. The second kappa shape index (κ2) is 6.98. The minimum atomic E-state index is -0.121. The van der Waals surface area contributed by atoms with Crippen molar-refractivity contribution in [3.8, 4) is 0 Å². The van der Waals surface area contributed by atoms with E-state index in [1.165, 1.54) is 0 Å². The standard InChI is InChI=1S/C18H27N5O2/c1-18(2,3)17-20-15(25-21-17)8-5-9-16(24)23-10-6-7-14(23)13-11-19-22(4)12-13/h11-12,14H,5-10H2,1-4H3/t14-/m0/s1. The fraction of sp³-hybridized carbons (Fsp3) is 0.667. The summed E-state index contributed by atoms with van der Waals surface area (Å²) in [6.07, 6.45) is 7.79. The Kier molecular flexibility index (Phi) is 4.92. The molecule has 1 aliphatic heterocycles. The summed E-state index contributed by atoms with van der Waals surface area (Å²) in [5.74, 6) is 1.52. The molecule has 0 saturated carbocycles. The summed E-state index contributed by atoms with van der Waals surface area (Å²) in [7, 11) is 1.90. The Morgan fingerprint density at radius 2 is 2.20 bits per heavy atom. The number of carbonyl (C=O) groups excluding carboxylic acids is 1. The molecule has 0 N–H and O–H groups in total. The fourth-order valence-electron chi connectivity index (χ4n) is 3.22. The number of hydrogen-bond donors (Lipinski definition) is 0. The number of aromatic nitrogens is 4. The molecule has 1 fully saturated rings. The number of likely N-dealkylation sites (tertiary alicyclic amines) is 1. The van der Waals surface area contributed by atoms with E-state index in [-0.39, 0.29) is 17.4 Å². The molecule has 0 bridgehead atoms. The molecule has 136 valence electrons. The lowest BCUT2D eigenvalue weighted by molar-refractivity contribution is -0.132. The molecule has 0 unspecified atom stereocenters. The lowest BCUT2D eigenvalue weighted by Gasteiger charge is -2.23. The zero-order valence-electron chi connectivity index (χ0n) is 15.5. The van der Waals surface area contributed by atoms with Crippen LogP contribution in [-0.2, 0) is 23.7 Å². The van der Waals surface area contributed by atoms with Crippen molar-refractivity contribution in [1.29, 1.82) is 0 Å². The van der Waals surface area contributed by atoms with Crippen LogP contribution in [0.25, 0.3) is 0 Å². The SMILES string of the molecule is Cn1cc([C@@H]2CCCN2C(=O)CCCc2nc(C(C)(C)C)no2)cn1. The molecular formula is C18H27N5O2. The predicted octanol–water partition coefficient (Wildman–Crippen LogP) is 2.79. The molecule has 7 heteroatoms. The predicted molar refractivity (Wildman–Crippen MR) is 92.8 cm³/mol. The van der Waals surface area contributed by atoms with Gasteiger partial charge < -0.3 is 9.42 Å². The van der Waals surface area contributed by atoms with Crippen molar-refractivity contribution < 1.29 is 9.32 Å². The average Bonchev–Trinajstić information content (AvgIpc) is 3.25. The van der Waals surface area contributed by atoms with Crippen LogP contribution >= 0.6 is 0 Å². The highest BCUT2D eigenvalue weighted by molar-refractivity contribution is 5.77. The highest BCUT2D eigenvalue weighted by Crippen LogP contribution is 2.32. The van der Waals surface area contributed by atoms with E-state index in [0.29, 0.717) is 24.6 Å². The van der Waals surface area contributed by atoms with Crippen LogP contribution in [0.2, 0.25) is 0 Å². The summed E-state index contributed by atoms with van der Waals surface area (Å²) in [5, 5.41) is 8.26. The molecule has 3 rings (SSSR count). The smallest absolute Gasteiger partial charge is 0.226 e. The third-order valence-corrected chi connectivity index (χ3v) is 4.60. The summed E-state index contributed by atoms with van der Waals surface area (Å²) < 4.78 is 7.08. The first-order valence-corrected chi connectivity index (χ1v) is 8.95. The molecule has 7 nitrogen and oxygen atoms in total. The van der Waals surface area contributed by atoms with Crippen molar-refractivity contribution in [2.75, 3.05) is 6.54 Å². The summed E-state index contributed by atoms with van der Waals surface area (Å²) >= 11 is 0. The lowest BCUT2D eigenvalue weighted by Crippen LogP contribution is -2.30. The van der Waals surface area contributed by atoms with E-state index in [1.807, 2.05) is 24.3 Å². The quantitative estimate of drug-likeness (QED) is 0.833. The molecule has 1 atom stereocenters. The first kappa shape index (κ1) is 17.6. The molecule has 0 radical (unpaired) electrons. The number of rotatable bonds is 5. The maximum absolute atomic E-state index is 12.6. The molecule has 1 amide bonds. The minimum absolute atomic E-state index is 0.121. The Balaban J connectivity index is 1.53. The molecular weight excluding hydrogens is 318 g/mol. The van der Waals surface area contributed by atoms with Crippen molar-refractivity contribution in [2.45, 2.75) is 64.3 Å². The zero-order valence-corrected chi connectivity index (χ0v) is 15.5. The van der Waals surface area contributed by atoms with Crippen LogP contribution in [0, 0.1) is 0 Å². The van der Waals surface area contributed by atoms with E-state index in [1.54, 1.807) is 4.68 Å². The topological polar surface area (TPSA) is 77.0 Å². The van der Waals surface area contributed by atoms with Gasteiger partial charge in [-0.05, 0) is 19.3 Å². The number of aryl methyl sites for hydroxylation is 2. The van der Waals surface area contributed by atoms with E-state index in [9.17, 15) is 4.79 Å². The number of nitrogens with zero attached hydrogens (tertiary/aromatic N) is 5. The monoisotopic (exact) mass is 345 g/mol. The molecule has 0 spiro atoms. The largest absolute Gasteiger partial charge is 0.339 e. The minimum Gasteiger partial charge on any atom is -0.339 e. The second-order valence-corrected chi connectivity index (χ2v) is 7.81. The number of amides is 1. The van der Waals surface area contributed by atoms with Gasteiger partial charge in [0.05, 0.1) is 12.2 Å². The Morgan fingerprint density at radius 3 is 2.84 bits per heavy atom. The van der Waals surface area contributed by atoms with Crippen molar-refractivity contribution in [3.05, 3.63) is 29.7 Å². The van der Waals surface area contributed by atoms with Crippen LogP contribution in [-0.4, -0.2) is 37.3 Å². The van der Waals surface area contributed by atoms with Gasteiger partial charge in [-0.3, -0.25) is 9.48 Å². The van der Waals surface area contributed by atoms with Crippen LogP contribution < -0.4 is 0 Å². The molecule has 2 aromatic rings. The fourth-order valence-corrected chi connectivity index (χ4v) is 3.22. The van der Waals surface area contributed by atoms with Crippen LogP contribution in [0.3, 0.4) is 0 Å². The van der Waals surface area contributed by atoms with E-state index in [0.717, 1.165) is 31.4 Å². The van der Waals surface area contributed by atoms with Gasteiger partial charge in [0, 0.05) is 43.6 Å². The Hall–Kier alpha value is -2.18. The normalized spacial score (nSPS) is 18.1. The molecule has 0 aromatic carbocycles. The summed E-state index contributed by atoms with van der Waals surface area (Å²) in [4.78, 5) is 19.0. The maximum Gasteiger partial charge on any atom is 0.226 e.